The number of carbonyl (C=O) groups is 2. The summed E-state index contributed by atoms with van der Waals surface area (Å²) in [5.74, 6) is -0.0497. The first-order valence-electron chi connectivity index (χ1n) is 11.6. The average Bonchev–Trinajstić information content (AvgIpc) is 3.21. The van der Waals surface area contributed by atoms with E-state index in [2.05, 4.69) is 42.2 Å². The van der Waals surface area contributed by atoms with Crippen LogP contribution in [0.4, 0.5) is 0 Å². The molecule has 1 aliphatic rings. The van der Waals surface area contributed by atoms with Gasteiger partial charge in [0.15, 0.2) is 0 Å². The van der Waals surface area contributed by atoms with Crippen LogP contribution in [0, 0.1) is 0 Å². The molecule has 3 heterocycles. The number of hydrogen-bond donors (Lipinski definition) is 1. The molecule has 2 aromatic heterocycles. The molecule has 0 spiro atoms. The number of fused-ring (bicyclic) bond motifs is 1. The number of piperazine rings is 1. The summed E-state index contributed by atoms with van der Waals surface area (Å²) in [4.78, 5) is 33.9. The minimum Gasteiger partial charge on any atom is -0.352 e. The maximum absolute atomic E-state index is 12.6. The fraction of sp³-hybridized carbons (Fsp3) is 0.423. The van der Waals surface area contributed by atoms with Gasteiger partial charge in [0.1, 0.15) is 5.65 Å². The standard InChI is InChI=1S/C26H33N5O2/c1-26(2,3)21-9-7-20(8-10-21)25(33)27-12-11-24(32)30-16-14-29(15-17-30)18-22-19-31-13-5-4-6-23(31)28-22/h4-10,13,19H,11-12,14-18H2,1-3H3,(H,27,33). The summed E-state index contributed by atoms with van der Waals surface area (Å²) in [7, 11) is 0. The Kier molecular flexibility index (Phi) is 6.79. The molecule has 1 fully saturated rings. The summed E-state index contributed by atoms with van der Waals surface area (Å²) in [5.41, 5.74) is 3.86. The van der Waals surface area contributed by atoms with E-state index < -0.39 is 0 Å². The molecule has 174 valence electrons. The first-order valence-corrected chi connectivity index (χ1v) is 11.6. The Morgan fingerprint density at radius 1 is 1.00 bits per heavy atom. The summed E-state index contributed by atoms with van der Waals surface area (Å²) < 4.78 is 2.03. The predicted octanol–water partition coefficient (Wildman–Crippen LogP) is 3.10. The molecule has 3 aromatic rings. The molecule has 7 heteroatoms. The van der Waals surface area contributed by atoms with E-state index in [0.29, 0.717) is 31.6 Å². The third kappa shape index (κ3) is 5.79. The van der Waals surface area contributed by atoms with Gasteiger partial charge < -0.3 is 14.6 Å². The molecule has 0 radical (unpaired) electrons. The molecule has 0 bridgehead atoms. The van der Waals surface area contributed by atoms with Crippen molar-refractivity contribution in [3.8, 4) is 0 Å². The van der Waals surface area contributed by atoms with E-state index in [-0.39, 0.29) is 17.2 Å². The first-order chi connectivity index (χ1) is 15.8. The van der Waals surface area contributed by atoms with Gasteiger partial charge in [-0.05, 0) is 35.2 Å². The molecule has 1 saturated heterocycles. The van der Waals surface area contributed by atoms with E-state index in [1.54, 1.807) is 0 Å². The van der Waals surface area contributed by atoms with Gasteiger partial charge in [-0.25, -0.2) is 4.98 Å². The van der Waals surface area contributed by atoms with Crippen molar-refractivity contribution < 1.29 is 9.59 Å². The van der Waals surface area contributed by atoms with Gasteiger partial charge in [-0.1, -0.05) is 39.0 Å². The fourth-order valence-corrected chi connectivity index (χ4v) is 4.11. The van der Waals surface area contributed by atoms with E-state index in [0.717, 1.165) is 31.0 Å². The number of pyridine rings is 1. The van der Waals surface area contributed by atoms with Gasteiger partial charge in [-0.2, -0.15) is 0 Å². The van der Waals surface area contributed by atoms with E-state index in [9.17, 15) is 9.59 Å². The first kappa shape index (κ1) is 23.0. The number of hydrogen-bond acceptors (Lipinski definition) is 4. The van der Waals surface area contributed by atoms with Gasteiger partial charge in [0, 0.05) is 63.6 Å². The normalized spacial score (nSPS) is 15.1. The Bertz CT molecular complexity index is 1070. The smallest absolute Gasteiger partial charge is 0.251 e. The molecule has 0 unspecified atom stereocenters. The molecule has 2 amide bonds. The zero-order chi connectivity index (χ0) is 23.4. The molecule has 7 nitrogen and oxygen atoms in total. The van der Waals surface area contributed by atoms with Crippen molar-refractivity contribution in [1.29, 1.82) is 0 Å². The second kappa shape index (κ2) is 9.75. The average molecular weight is 448 g/mol. The Labute approximate surface area is 195 Å². The SMILES string of the molecule is CC(C)(C)c1ccc(C(=O)NCCC(=O)N2CCN(Cc3cn4ccccc4n3)CC2)cc1. The van der Waals surface area contributed by atoms with Crippen molar-refractivity contribution in [2.75, 3.05) is 32.7 Å². The van der Waals surface area contributed by atoms with Crippen LogP contribution in [-0.4, -0.2) is 63.7 Å². The number of rotatable bonds is 6. The highest BCUT2D eigenvalue weighted by molar-refractivity contribution is 5.94. The zero-order valence-corrected chi connectivity index (χ0v) is 19.8. The Morgan fingerprint density at radius 2 is 1.73 bits per heavy atom. The van der Waals surface area contributed by atoms with Crippen molar-refractivity contribution in [3.63, 3.8) is 0 Å². The molecule has 33 heavy (non-hydrogen) atoms. The number of carbonyl (C=O) groups excluding carboxylic acids is 2. The Morgan fingerprint density at radius 3 is 2.39 bits per heavy atom. The highest BCUT2D eigenvalue weighted by Crippen LogP contribution is 2.22. The van der Waals surface area contributed by atoms with E-state index in [4.69, 9.17) is 0 Å². The van der Waals surface area contributed by atoms with E-state index in [1.807, 2.05) is 58.0 Å². The van der Waals surface area contributed by atoms with Crippen LogP contribution in [0.5, 0.6) is 0 Å². The van der Waals surface area contributed by atoms with Crippen LogP contribution >= 0.6 is 0 Å². The van der Waals surface area contributed by atoms with Crippen molar-refractivity contribution in [2.45, 2.75) is 39.2 Å². The van der Waals surface area contributed by atoms with Gasteiger partial charge in [0.25, 0.3) is 5.91 Å². The zero-order valence-electron chi connectivity index (χ0n) is 19.8. The van der Waals surface area contributed by atoms with Crippen LogP contribution in [0.2, 0.25) is 0 Å². The maximum atomic E-state index is 12.6. The quantitative estimate of drug-likeness (QED) is 0.631. The molecular weight excluding hydrogens is 414 g/mol. The number of aromatic nitrogens is 2. The lowest BCUT2D eigenvalue weighted by atomic mass is 9.87. The summed E-state index contributed by atoms with van der Waals surface area (Å²) in [5, 5.41) is 2.87. The molecule has 0 aliphatic carbocycles. The van der Waals surface area contributed by atoms with Gasteiger partial charge >= 0.3 is 0 Å². The van der Waals surface area contributed by atoms with Crippen LogP contribution in [0.3, 0.4) is 0 Å². The number of benzene rings is 1. The van der Waals surface area contributed by atoms with Gasteiger partial charge in [0.05, 0.1) is 5.69 Å². The van der Waals surface area contributed by atoms with Gasteiger partial charge in [-0.3, -0.25) is 14.5 Å². The lowest BCUT2D eigenvalue weighted by molar-refractivity contribution is -0.132. The largest absolute Gasteiger partial charge is 0.352 e. The van der Waals surface area contributed by atoms with Crippen LogP contribution in [0.1, 0.15) is 48.8 Å². The van der Waals surface area contributed by atoms with Crippen molar-refractivity contribution in [2.24, 2.45) is 0 Å². The number of nitrogens with zero attached hydrogens (tertiary/aromatic N) is 4. The summed E-state index contributed by atoms with van der Waals surface area (Å²) in [6.07, 6.45) is 4.38. The Balaban J connectivity index is 1.19. The van der Waals surface area contributed by atoms with Crippen LogP contribution in [0.25, 0.3) is 5.65 Å². The lowest BCUT2D eigenvalue weighted by Crippen LogP contribution is -2.48. The number of nitrogens with one attached hydrogen (secondary N) is 1. The van der Waals surface area contributed by atoms with Gasteiger partial charge in [0.2, 0.25) is 5.91 Å². The second-order valence-electron chi connectivity index (χ2n) is 9.69. The van der Waals surface area contributed by atoms with Crippen molar-refractivity contribution >= 4 is 17.5 Å². The molecule has 1 aromatic carbocycles. The van der Waals surface area contributed by atoms with E-state index >= 15 is 0 Å². The molecular formula is C26H33N5O2. The predicted molar refractivity (Wildman–Crippen MR) is 129 cm³/mol. The molecule has 0 atom stereocenters. The highest BCUT2D eigenvalue weighted by Gasteiger charge is 2.22. The number of amides is 2. The molecule has 0 saturated carbocycles. The minimum absolute atomic E-state index is 0.0538. The maximum Gasteiger partial charge on any atom is 0.251 e. The Hall–Kier alpha value is -3.19. The fourth-order valence-electron chi connectivity index (χ4n) is 4.11. The summed E-state index contributed by atoms with van der Waals surface area (Å²) in [6, 6.07) is 13.7. The number of imidazole rings is 1. The molecule has 1 aliphatic heterocycles. The third-order valence-corrected chi connectivity index (χ3v) is 6.16. The lowest BCUT2D eigenvalue weighted by Gasteiger charge is -2.34. The van der Waals surface area contributed by atoms with Gasteiger partial charge in [-0.15, -0.1) is 0 Å². The molecule has 4 rings (SSSR count). The monoisotopic (exact) mass is 447 g/mol. The van der Waals surface area contributed by atoms with Crippen molar-refractivity contribution in [3.05, 3.63) is 71.7 Å². The van der Waals surface area contributed by atoms with Crippen molar-refractivity contribution in [1.82, 2.24) is 24.5 Å². The van der Waals surface area contributed by atoms with Crippen LogP contribution in [0.15, 0.2) is 54.9 Å². The van der Waals surface area contributed by atoms with Crippen LogP contribution < -0.4 is 5.32 Å². The third-order valence-electron chi connectivity index (χ3n) is 6.16. The van der Waals surface area contributed by atoms with Crippen LogP contribution in [-0.2, 0) is 16.8 Å². The second-order valence-corrected chi connectivity index (χ2v) is 9.69. The minimum atomic E-state index is -0.138. The summed E-state index contributed by atoms with van der Waals surface area (Å²) in [6.45, 7) is 10.6. The highest BCUT2D eigenvalue weighted by atomic mass is 16.2. The summed E-state index contributed by atoms with van der Waals surface area (Å²) >= 11 is 0. The molecule has 1 N–H and O–H groups in total. The van der Waals surface area contributed by atoms with E-state index in [1.165, 1.54) is 5.56 Å². The topological polar surface area (TPSA) is 70.0 Å².